The molecule has 100 valence electrons. The van der Waals surface area contributed by atoms with Crippen molar-refractivity contribution in [3.05, 3.63) is 29.7 Å². The van der Waals surface area contributed by atoms with Gasteiger partial charge in [0.25, 0.3) is 0 Å². The molecule has 0 aliphatic carbocycles. The Hall–Kier alpha value is -2.50. The van der Waals surface area contributed by atoms with Gasteiger partial charge in [0, 0.05) is 11.1 Å². The number of carboxylic acid groups (broad SMARTS) is 1. The van der Waals surface area contributed by atoms with E-state index in [0.717, 1.165) is 5.56 Å². The van der Waals surface area contributed by atoms with E-state index >= 15 is 0 Å². The lowest BCUT2D eigenvalue weighted by Gasteiger charge is -2.13. The molecule has 0 aliphatic rings. The van der Waals surface area contributed by atoms with Crippen LogP contribution < -0.4 is 9.47 Å². The quantitative estimate of drug-likeness (QED) is 0.881. The van der Waals surface area contributed by atoms with Crippen molar-refractivity contribution < 1.29 is 19.4 Å². The van der Waals surface area contributed by atoms with Crippen molar-refractivity contribution in [3.8, 4) is 22.8 Å². The fraction of sp³-hybridized carbons (Fsp3) is 0.231. The maximum absolute atomic E-state index is 11.1. The number of aromatic carboxylic acids is 1. The maximum atomic E-state index is 11.1. The molecule has 1 heterocycles. The van der Waals surface area contributed by atoms with E-state index in [0.29, 0.717) is 22.8 Å². The molecule has 2 aromatic rings. The number of carbonyl (C=O) groups is 1. The van der Waals surface area contributed by atoms with Gasteiger partial charge in [-0.15, -0.1) is 0 Å². The fourth-order valence-electron chi connectivity index (χ4n) is 2.01. The lowest BCUT2D eigenvalue weighted by atomic mass is 10.0. The van der Waals surface area contributed by atoms with Crippen molar-refractivity contribution in [1.82, 2.24) is 9.97 Å². The number of carboxylic acids is 1. The van der Waals surface area contributed by atoms with E-state index in [4.69, 9.17) is 14.6 Å². The van der Waals surface area contributed by atoms with Crippen LogP contribution in [0.2, 0.25) is 0 Å². The van der Waals surface area contributed by atoms with E-state index in [-0.39, 0.29) is 5.69 Å². The number of ether oxygens (including phenoxy) is 2. The van der Waals surface area contributed by atoms with E-state index < -0.39 is 5.97 Å². The molecule has 0 bridgehead atoms. The molecule has 0 saturated carbocycles. The lowest BCUT2D eigenvalue weighted by molar-refractivity contribution is 0.0692. The second-order valence-corrected chi connectivity index (χ2v) is 3.90. The van der Waals surface area contributed by atoms with Crippen LogP contribution in [0.25, 0.3) is 11.3 Å². The van der Waals surface area contributed by atoms with Gasteiger partial charge in [-0.1, -0.05) is 0 Å². The minimum atomic E-state index is -1.07. The van der Waals surface area contributed by atoms with Crippen molar-refractivity contribution in [2.24, 2.45) is 0 Å². The summed E-state index contributed by atoms with van der Waals surface area (Å²) in [5, 5.41) is 9.11. The normalized spacial score (nSPS) is 10.3. The summed E-state index contributed by atoms with van der Waals surface area (Å²) in [5.41, 5.74) is 1.78. The Morgan fingerprint density at radius 2 is 2.05 bits per heavy atom. The third-order valence-corrected chi connectivity index (χ3v) is 2.89. The molecule has 0 atom stereocenters. The minimum absolute atomic E-state index is 0.0304. The van der Waals surface area contributed by atoms with Gasteiger partial charge in [0.15, 0.2) is 5.69 Å². The van der Waals surface area contributed by atoms with E-state index in [1.54, 1.807) is 19.2 Å². The third-order valence-electron chi connectivity index (χ3n) is 2.89. The predicted molar refractivity (Wildman–Crippen MR) is 68.8 cm³/mol. The van der Waals surface area contributed by atoms with Crippen LogP contribution in [-0.4, -0.2) is 35.3 Å². The summed E-state index contributed by atoms with van der Waals surface area (Å²) in [5.74, 6) is 0.157. The van der Waals surface area contributed by atoms with Gasteiger partial charge in [0.1, 0.15) is 17.2 Å². The molecule has 0 aliphatic heterocycles. The third kappa shape index (κ3) is 2.12. The highest BCUT2D eigenvalue weighted by Crippen LogP contribution is 2.37. The second kappa shape index (κ2) is 5.01. The topological polar surface area (TPSA) is 84.4 Å². The number of rotatable bonds is 4. The first-order valence-corrected chi connectivity index (χ1v) is 5.58. The van der Waals surface area contributed by atoms with Gasteiger partial charge in [-0.3, -0.25) is 0 Å². The van der Waals surface area contributed by atoms with Crippen LogP contribution in [-0.2, 0) is 0 Å². The molecule has 19 heavy (non-hydrogen) atoms. The van der Waals surface area contributed by atoms with E-state index in [1.165, 1.54) is 13.4 Å². The van der Waals surface area contributed by atoms with Gasteiger partial charge in [0.05, 0.1) is 20.5 Å². The summed E-state index contributed by atoms with van der Waals surface area (Å²) < 4.78 is 10.6. The standard InChI is InChI=1S/C13H14N2O4/c1-7-9(18-2)5-4-8(12(7)19-3)10-11(13(16)17)15-6-14-10/h4-6H,1-3H3,(H,14,15)(H,16,17). The number of nitrogens with one attached hydrogen (secondary N) is 1. The fourth-order valence-corrected chi connectivity index (χ4v) is 2.01. The Morgan fingerprint density at radius 1 is 1.32 bits per heavy atom. The number of nitrogens with zero attached hydrogens (tertiary/aromatic N) is 1. The van der Waals surface area contributed by atoms with Crippen LogP contribution in [0.5, 0.6) is 11.5 Å². The average Bonchev–Trinajstić information content (AvgIpc) is 2.87. The average molecular weight is 262 g/mol. The van der Waals surface area contributed by atoms with Gasteiger partial charge >= 0.3 is 5.97 Å². The largest absolute Gasteiger partial charge is 0.496 e. The molecule has 0 fully saturated rings. The molecule has 0 unspecified atom stereocenters. The molecule has 0 spiro atoms. The van der Waals surface area contributed by atoms with Gasteiger partial charge < -0.3 is 19.6 Å². The van der Waals surface area contributed by atoms with Crippen molar-refractivity contribution >= 4 is 5.97 Å². The molecule has 6 heteroatoms. The number of imidazole rings is 1. The maximum Gasteiger partial charge on any atom is 0.354 e. The smallest absolute Gasteiger partial charge is 0.354 e. The van der Waals surface area contributed by atoms with E-state index in [9.17, 15) is 4.79 Å². The Balaban J connectivity index is 2.65. The number of benzene rings is 1. The first-order valence-electron chi connectivity index (χ1n) is 5.58. The Labute approximate surface area is 110 Å². The molecular weight excluding hydrogens is 248 g/mol. The van der Waals surface area contributed by atoms with Crippen molar-refractivity contribution in [2.45, 2.75) is 6.92 Å². The molecule has 1 aromatic heterocycles. The summed E-state index contributed by atoms with van der Waals surface area (Å²) in [6, 6.07) is 3.49. The molecule has 0 radical (unpaired) electrons. The van der Waals surface area contributed by atoms with Crippen LogP contribution in [0.3, 0.4) is 0 Å². The summed E-state index contributed by atoms with van der Waals surface area (Å²) in [7, 11) is 3.09. The molecule has 2 N–H and O–H groups in total. The number of hydrogen-bond acceptors (Lipinski definition) is 4. The van der Waals surface area contributed by atoms with Crippen LogP contribution in [0.4, 0.5) is 0 Å². The van der Waals surface area contributed by atoms with E-state index in [2.05, 4.69) is 9.97 Å². The summed E-state index contributed by atoms with van der Waals surface area (Å²) in [6.07, 6.45) is 1.35. The van der Waals surface area contributed by atoms with Crippen molar-refractivity contribution in [1.29, 1.82) is 0 Å². The zero-order valence-corrected chi connectivity index (χ0v) is 10.9. The van der Waals surface area contributed by atoms with E-state index in [1.807, 2.05) is 6.92 Å². The minimum Gasteiger partial charge on any atom is -0.496 e. The van der Waals surface area contributed by atoms with Gasteiger partial charge in [-0.2, -0.15) is 0 Å². The molecule has 6 nitrogen and oxygen atoms in total. The molecular formula is C13H14N2O4. The van der Waals surface area contributed by atoms with Crippen LogP contribution in [0.15, 0.2) is 18.5 Å². The van der Waals surface area contributed by atoms with Gasteiger partial charge in [0.2, 0.25) is 0 Å². The predicted octanol–water partition coefficient (Wildman–Crippen LogP) is 2.10. The van der Waals surface area contributed by atoms with Crippen LogP contribution in [0, 0.1) is 6.92 Å². The first-order chi connectivity index (χ1) is 9.10. The Bertz CT molecular complexity index is 619. The number of methoxy groups -OCH3 is 2. The molecule has 2 rings (SSSR count). The molecule has 1 aromatic carbocycles. The van der Waals surface area contributed by atoms with Crippen LogP contribution in [0.1, 0.15) is 16.1 Å². The van der Waals surface area contributed by atoms with Crippen molar-refractivity contribution in [2.75, 3.05) is 14.2 Å². The summed E-state index contributed by atoms with van der Waals surface area (Å²) in [6.45, 7) is 1.84. The molecule has 0 amide bonds. The number of H-pyrrole nitrogens is 1. The van der Waals surface area contributed by atoms with Crippen molar-refractivity contribution in [3.63, 3.8) is 0 Å². The lowest BCUT2D eigenvalue weighted by Crippen LogP contribution is -2.01. The zero-order valence-electron chi connectivity index (χ0n) is 10.9. The highest BCUT2D eigenvalue weighted by Gasteiger charge is 2.20. The Morgan fingerprint density at radius 3 is 2.63 bits per heavy atom. The summed E-state index contributed by atoms with van der Waals surface area (Å²) in [4.78, 5) is 17.8. The second-order valence-electron chi connectivity index (χ2n) is 3.90. The van der Waals surface area contributed by atoms with Gasteiger partial charge in [-0.25, -0.2) is 9.78 Å². The zero-order chi connectivity index (χ0) is 14.0. The van der Waals surface area contributed by atoms with Gasteiger partial charge in [-0.05, 0) is 19.1 Å². The monoisotopic (exact) mass is 262 g/mol. The SMILES string of the molecule is COc1ccc(-c2nc[nH]c2C(=O)O)c(OC)c1C. The highest BCUT2D eigenvalue weighted by atomic mass is 16.5. The highest BCUT2D eigenvalue weighted by molar-refractivity contribution is 5.94. The molecule has 0 saturated heterocycles. The van der Waals surface area contributed by atoms with Crippen LogP contribution >= 0.6 is 0 Å². The number of hydrogen-bond donors (Lipinski definition) is 2. The number of aromatic nitrogens is 2. The summed E-state index contributed by atoms with van der Waals surface area (Å²) >= 11 is 0. The number of aromatic amines is 1. The first kappa shape index (κ1) is 12.9. The Kier molecular flexibility index (Phi) is 3.41.